The minimum Gasteiger partial charge on any atom is -0.461 e. The number of esters is 5. The van der Waals surface area contributed by atoms with Crippen LogP contribution in [0.2, 0.25) is 0 Å². The second-order valence-electron chi connectivity index (χ2n) is 13.8. The van der Waals surface area contributed by atoms with Crippen molar-refractivity contribution >= 4 is 41.4 Å². The number of fused-ring (bicyclic) bond motifs is 5. The van der Waals surface area contributed by atoms with E-state index in [1.807, 2.05) is 0 Å². The Morgan fingerprint density at radius 1 is 0.812 bits per heavy atom. The summed E-state index contributed by atoms with van der Waals surface area (Å²) >= 11 is 0. The van der Waals surface area contributed by atoms with Gasteiger partial charge in [-0.15, -0.1) is 0 Å². The molecule has 0 N–H and O–H groups in total. The maximum absolute atomic E-state index is 15.8. The summed E-state index contributed by atoms with van der Waals surface area (Å²) in [5.74, 6) is -8.64. The van der Waals surface area contributed by atoms with Gasteiger partial charge >= 0.3 is 29.8 Å². The van der Waals surface area contributed by atoms with Gasteiger partial charge in [0, 0.05) is 51.9 Å². The molecular weight excluding hydrogens is 628 g/mol. The third-order valence-corrected chi connectivity index (χ3v) is 10.6. The summed E-state index contributed by atoms with van der Waals surface area (Å²) in [4.78, 5) is 95.3. The van der Waals surface area contributed by atoms with Crippen LogP contribution in [0.5, 0.6) is 0 Å². The van der Waals surface area contributed by atoms with E-state index in [1.165, 1.54) is 19.1 Å². The highest BCUT2D eigenvalue weighted by molar-refractivity contribution is 6.04. The smallest absolute Gasteiger partial charge is 0.339 e. The summed E-state index contributed by atoms with van der Waals surface area (Å²) in [6.45, 7) is 12.9. The van der Waals surface area contributed by atoms with Gasteiger partial charge in [-0.25, -0.2) is 4.79 Å². The first kappa shape index (κ1) is 34.9. The van der Waals surface area contributed by atoms with E-state index >= 15 is 9.59 Å². The van der Waals surface area contributed by atoms with Gasteiger partial charge < -0.3 is 28.4 Å². The highest BCUT2D eigenvalue weighted by Gasteiger charge is 2.80. The van der Waals surface area contributed by atoms with Crippen molar-refractivity contribution in [3.63, 3.8) is 0 Å². The molecule has 13 heteroatoms. The first-order valence-electron chi connectivity index (χ1n) is 15.7. The second kappa shape index (κ2) is 11.9. The molecule has 1 aromatic carbocycles. The molecule has 1 aromatic rings. The molecule has 1 aliphatic heterocycles. The zero-order valence-electron chi connectivity index (χ0n) is 28.0. The SMILES string of the molecule is C=C1C(OC(C)=O)CC2(OC(=O)c3ccccc3)C(=O)C3C4(OC(C)=O)COC4CC(OC(C)=O)C3(C)C(=O)C(OC(C)=O)C1C2(C)C. The highest BCUT2D eigenvalue weighted by atomic mass is 16.6. The van der Waals surface area contributed by atoms with Crippen molar-refractivity contribution in [1.29, 1.82) is 0 Å². The molecule has 0 aromatic heterocycles. The molecule has 258 valence electrons. The van der Waals surface area contributed by atoms with E-state index in [0.29, 0.717) is 0 Å². The fraction of sp³-hybridized carbons (Fsp3) is 0.571. The average molecular weight is 669 g/mol. The molecule has 2 bridgehead atoms. The van der Waals surface area contributed by atoms with Crippen molar-refractivity contribution in [2.45, 2.75) is 96.9 Å². The predicted molar refractivity (Wildman–Crippen MR) is 163 cm³/mol. The second-order valence-corrected chi connectivity index (χ2v) is 13.8. The molecule has 0 amide bonds. The highest BCUT2D eigenvalue weighted by Crippen LogP contribution is 2.64. The minimum atomic E-state index is -2.23. The molecule has 4 aliphatic rings. The van der Waals surface area contributed by atoms with Crippen molar-refractivity contribution in [3.8, 4) is 0 Å². The molecule has 1 saturated heterocycles. The lowest BCUT2D eigenvalue weighted by atomic mass is 9.43. The van der Waals surface area contributed by atoms with E-state index < -0.39 is 106 Å². The van der Waals surface area contributed by atoms with Crippen molar-refractivity contribution in [1.82, 2.24) is 0 Å². The first-order valence-corrected chi connectivity index (χ1v) is 15.7. The van der Waals surface area contributed by atoms with Crippen molar-refractivity contribution in [2.24, 2.45) is 22.7 Å². The number of ether oxygens (including phenoxy) is 6. The standard InChI is InChI=1S/C35H40O13/c1-17-23(44-18(2)36)15-35(48-31(42)22-12-10-9-11-13-22)30(41)28-33(8,29(40)27(46-20(4)38)26(17)32(35,6)7)24(45-19(3)37)14-25-34(28,16-43-25)47-21(5)39/h9-13,23-28H,1,14-16H2,2-8H3. The van der Waals surface area contributed by atoms with Gasteiger partial charge in [0.25, 0.3) is 0 Å². The van der Waals surface area contributed by atoms with E-state index in [4.69, 9.17) is 28.4 Å². The number of carbonyl (C=O) groups is 7. The summed E-state index contributed by atoms with van der Waals surface area (Å²) in [5.41, 5.74) is -7.36. The molecular formula is C35H40O13. The van der Waals surface area contributed by atoms with Gasteiger partial charge in [0.05, 0.1) is 23.5 Å². The van der Waals surface area contributed by atoms with Crippen LogP contribution in [0.3, 0.4) is 0 Å². The van der Waals surface area contributed by atoms with Crippen LogP contribution in [0.4, 0.5) is 0 Å². The number of hydrogen-bond donors (Lipinski definition) is 0. The molecule has 13 nitrogen and oxygen atoms in total. The largest absolute Gasteiger partial charge is 0.461 e. The summed E-state index contributed by atoms with van der Waals surface area (Å²) in [6.07, 6.45) is -5.90. The van der Waals surface area contributed by atoms with Crippen LogP contribution >= 0.6 is 0 Å². The van der Waals surface area contributed by atoms with E-state index in [1.54, 1.807) is 32.0 Å². The molecule has 3 saturated carbocycles. The van der Waals surface area contributed by atoms with Gasteiger partial charge in [-0.05, 0) is 24.6 Å². The third kappa shape index (κ3) is 5.13. The topological polar surface area (TPSA) is 175 Å². The van der Waals surface area contributed by atoms with Gasteiger partial charge in [-0.3, -0.25) is 28.8 Å². The molecule has 0 spiro atoms. The predicted octanol–water partition coefficient (Wildman–Crippen LogP) is 2.86. The number of carbonyl (C=O) groups excluding carboxylic acids is 7. The van der Waals surface area contributed by atoms with Crippen LogP contribution in [-0.2, 0) is 57.2 Å². The number of ketones is 2. The molecule has 5 rings (SSSR count). The summed E-state index contributed by atoms with van der Waals surface area (Å²) in [6, 6.07) is 7.89. The Labute approximate surface area is 277 Å². The van der Waals surface area contributed by atoms with E-state index in [2.05, 4.69) is 6.58 Å². The zero-order valence-corrected chi connectivity index (χ0v) is 28.0. The number of Topliss-reactive ketones (excluding diaryl/α,β-unsaturated/α-hetero) is 2. The maximum atomic E-state index is 15.8. The maximum Gasteiger partial charge on any atom is 0.339 e. The normalized spacial score (nSPS) is 36.4. The lowest BCUT2D eigenvalue weighted by molar-refractivity contribution is -0.318. The Hall–Kier alpha value is -4.39. The zero-order chi connectivity index (χ0) is 35.6. The average Bonchev–Trinajstić information content (AvgIpc) is 2.98. The van der Waals surface area contributed by atoms with Gasteiger partial charge in [-0.1, -0.05) is 38.6 Å². The summed E-state index contributed by atoms with van der Waals surface area (Å²) < 4.78 is 35.3. The molecule has 1 heterocycles. The number of rotatable bonds is 6. The van der Waals surface area contributed by atoms with E-state index in [-0.39, 0.29) is 24.2 Å². The Morgan fingerprint density at radius 3 is 1.94 bits per heavy atom. The first-order chi connectivity index (χ1) is 22.3. The molecule has 9 atom stereocenters. The van der Waals surface area contributed by atoms with Crippen LogP contribution in [0, 0.1) is 22.7 Å². The van der Waals surface area contributed by atoms with Gasteiger partial charge in [0.15, 0.2) is 28.9 Å². The molecule has 3 aliphatic carbocycles. The Kier molecular flexibility index (Phi) is 8.69. The van der Waals surface area contributed by atoms with Crippen LogP contribution in [0.25, 0.3) is 0 Å². The van der Waals surface area contributed by atoms with Crippen molar-refractivity contribution in [2.75, 3.05) is 6.61 Å². The van der Waals surface area contributed by atoms with E-state index in [0.717, 1.165) is 27.7 Å². The Balaban J connectivity index is 1.87. The number of benzene rings is 1. The quantitative estimate of drug-likeness (QED) is 0.246. The number of hydrogen-bond acceptors (Lipinski definition) is 13. The van der Waals surface area contributed by atoms with Crippen molar-refractivity contribution in [3.05, 3.63) is 48.0 Å². The Morgan fingerprint density at radius 2 is 1.42 bits per heavy atom. The molecule has 4 fully saturated rings. The summed E-state index contributed by atoms with van der Waals surface area (Å²) in [7, 11) is 0. The minimum absolute atomic E-state index is 0.0962. The van der Waals surface area contributed by atoms with E-state index in [9.17, 15) is 24.0 Å². The fourth-order valence-corrected chi connectivity index (χ4v) is 8.51. The molecule has 48 heavy (non-hydrogen) atoms. The van der Waals surface area contributed by atoms with Crippen LogP contribution in [-0.4, -0.2) is 83.6 Å². The molecule has 9 unspecified atom stereocenters. The van der Waals surface area contributed by atoms with Crippen molar-refractivity contribution < 1.29 is 62.0 Å². The van der Waals surface area contributed by atoms with Crippen LogP contribution in [0.15, 0.2) is 42.5 Å². The van der Waals surface area contributed by atoms with Gasteiger partial charge in [0.1, 0.15) is 18.3 Å². The van der Waals surface area contributed by atoms with Gasteiger partial charge in [-0.2, -0.15) is 0 Å². The third-order valence-electron chi connectivity index (χ3n) is 10.6. The fourth-order valence-electron chi connectivity index (χ4n) is 8.51. The lowest BCUT2D eigenvalue weighted by Gasteiger charge is -2.66. The van der Waals surface area contributed by atoms with Crippen LogP contribution in [0.1, 0.15) is 71.7 Å². The van der Waals surface area contributed by atoms with Crippen LogP contribution < -0.4 is 0 Å². The monoisotopic (exact) mass is 668 g/mol. The van der Waals surface area contributed by atoms with Gasteiger partial charge in [0.2, 0.25) is 0 Å². The Bertz CT molecular complexity index is 1600. The summed E-state index contributed by atoms with van der Waals surface area (Å²) in [5, 5.41) is 0. The molecule has 0 radical (unpaired) electrons. The lowest BCUT2D eigenvalue weighted by Crippen LogP contribution is -2.82.